The molecule has 2 rings (SSSR count). The molecule has 2 atom stereocenters. The van der Waals surface area contributed by atoms with Gasteiger partial charge in [0.1, 0.15) is 6.29 Å². The third-order valence-electron chi connectivity index (χ3n) is 4.44. The quantitative estimate of drug-likeness (QED) is 0.704. The molecule has 3 nitrogen and oxygen atoms in total. The predicted octanol–water partition coefficient (Wildman–Crippen LogP) is 2.10. The second-order valence-electron chi connectivity index (χ2n) is 5.76. The SMILES string of the molecule is CCC1CCCN(CC2(C=O)CCOC2)CC1. The van der Waals surface area contributed by atoms with Crippen molar-refractivity contribution in [3.63, 3.8) is 0 Å². The molecular formula is C14H25NO2. The van der Waals surface area contributed by atoms with Gasteiger partial charge in [0, 0.05) is 13.2 Å². The van der Waals surface area contributed by atoms with Crippen LogP contribution in [0.3, 0.4) is 0 Å². The Kier molecular flexibility index (Phi) is 4.57. The standard InChI is InChI=1S/C14H25NO2/c1-2-13-4-3-7-15(8-5-13)10-14(11-16)6-9-17-12-14/h11,13H,2-10,12H2,1H3. The van der Waals surface area contributed by atoms with Crippen LogP contribution in [-0.4, -0.2) is 44.0 Å². The van der Waals surface area contributed by atoms with Crippen molar-refractivity contribution in [1.29, 1.82) is 0 Å². The number of hydrogen-bond donors (Lipinski definition) is 0. The molecule has 3 heteroatoms. The van der Waals surface area contributed by atoms with Crippen molar-refractivity contribution in [2.24, 2.45) is 11.3 Å². The molecule has 2 saturated heterocycles. The van der Waals surface area contributed by atoms with E-state index in [9.17, 15) is 4.79 Å². The number of likely N-dealkylation sites (tertiary alicyclic amines) is 1. The Morgan fingerprint density at radius 3 is 2.94 bits per heavy atom. The van der Waals surface area contributed by atoms with Crippen molar-refractivity contribution in [2.75, 3.05) is 32.8 Å². The number of aldehydes is 1. The van der Waals surface area contributed by atoms with Crippen molar-refractivity contribution in [2.45, 2.75) is 39.0 Å². The topological polar surface area (TPSA) is 29.5 Å². The molecule has 17 heavy (non-hydrogen) atoms. The normalized spacial score (nSPS) is 35.7. The molecule has 0 saturated carbocycles. The summed E-state index contributed by atoms with van der Waals surface area (Å²) in [5.74, 6) is 0.895. The van der Waals surface area contributed by atoms with Crippen LogP contribution >= 0.6 is 0 Å². The third-order valence-corrected chi connectivity index (χ3v) is 4.44. The zero-order valence-electron chi connectivity index (χ0n) is 11.0. The summed E-state index contributed by atoms with van der Waals surface area (Å²) in [6, 6.07) is 0. The van der Waals surface area contributed by atoms with Crippen LogP contribution in [0, 0.1) is 11.3 Å². The summed E-state index contributed by atoms with van der Waals surface area (Å²) in [7, 11) is 0. The molecule has 98 valence electrons. The van der Waals surface area contributed by atoms with Crippen LogP contribution in [-0.2, 0) is 9.53 Å². The highest BCUT2D eigenvalue weighted by atomic mass is 16.5. The maximum Gasteiger partial charge on any atom is 0.129 e. The van der Waals surface area contributed by atoms with E-state index in [1.807, 2.05) is 0 Å². The van der Waals surface area contributed by atoms with Crippen molar-refractivity contribution in [1.82, 2.24) is 4.90 Å². The van der Waals surface area contributed by atoms with Gasteiger partial charge in [-0.15, -0.1) is 0 Å². The Morgan fingerprint density at radius 1 is 1.41 bits per heavy atom. The lowest BCUT2D eigenvalue weighted by Gasteiger charge is -2.29. The molecule has 2 unspecified atom stereocenters. The van der Waals surface area contributed by atoms with E-state index in [-0.39, 0.29) is 5.41 Å². The van der Waals surface area contributed by atoms with Crippen molar-refractivity contribution in [3.05, 3.63) is 0 Å². The fourth-order valence-corrected chi connectivity index (χ4v) is 3.11. The van der Waals surface area contributed by atoms with E-state index in [1.54, 1.807) is 0 Å². The molecule has 0 aromatic heterocycles. The number of hydrogen-bond acceptors (Lipinski definition) is 3. The summed E-state index contributed by atoms with van der Waals surface area (Å²) >= 11 is 0. The van der Waals surface area contributed by atoms with Gasteiger partial charge in [-0.05, 0) is 44.7 Å². The second kappa shape index (κ2) is 5.96. The van der Waals surface area contributed by atoms with Gasteiger partial charge < -0.3 is 14.4 Å². The van der Waals surface area contributed by atoms with Gasteiger partial charge in [-0.3, -0.25) is 0 Å². The maximum atomic E-state index is 11.3. The lowest BCUT2D eigenvalue weighted by Crippen LogP contribution is -2.40. The minimum absolute atomic E-state index is 0.202. The van der Waals surface area contributed by atoms with Crippen molar-refractivity contribution in [3.8, 4) is 0 Å². The summed E-state index contributed by atoms with van der Waals surface area (Å²) in [6.07, 6.45) is 7.29. The van der Waals surface area contributed by atoms with Crippen LogP contribution in [0.15, 0.2) is 0 Å². The van der Waals surface area contributed by atoms with Gasteiger partial charge in [0.05, 0.1) is 12.0 Å². The maximum absolute atomic E-state index is 11.3. The number of rotatable bonds is 4. The minimum Gasteiger partial charge on any atom is -0.380 e. The van der Waals surface area contributed by atoms with Crippen LogP contribution in [0.2, 0.25) is 0 Å². The Bertz CT molecular complexity index is 249. The van der Waals surface area contributed by atoms with Gasteiger partial charge in [-0.1, -0.05) is 13.3 Å². The molecule has 2 aliphatic heterocycles. The van der Waals surface area contributed by atoms with E-state index >= 15 is 0 Å². The third kappa shape index (κ3) is 3.29. The molecule has 0 spiro atoms. The molecule has 0 N–H and O–H groups in total. The van der Waals surface area contributed by atoms with Gasteiger partial charge in [0.25, 0.3) is 0 Å². The summed E-state index contributed by atoms with van der Waals surface area (Å²) < 4.78 is 5.41. The smallest absolute Gasteiger partial charge is 0.129 e. The Hall–Kier alpha value is -0.410. The molecule has 2 heterocycles. The van der Waals surface area contributed by atoms with E-state index in [4.69, 9.17) is 4.74 Å². The average molecular weight is 239 g/mol. The second-order valence-corrected chi connectivity index (χ2v) is 5.76. The van der Waals surface area contributed by atoms with Crippen molar-refractivity contribution >= 4 is 6.29 Å². The van der Waals surface area contributed by atoms with E-state index in [0.717, 1.165) is 44.9 Å². The number of carbonyl (C=O) groups excluding carboxylic acids is 1. The average Bonchev–Trinajstić information content (AvgIpc) is 2.70. The number of carbonyl (C=O) groups is 1. The number of nitrogens with zero attached hydrogens (tertiary/aromatic N) is 1. The Balaban J connectivity index is 1.87. The summed E-state index contributed by atoms with van der Waals surface area (Å²) in [6.45, 7) is 6.90. The van der Waals surface area contributed by atoms with Crippen LogP contribution in [0.5, 0.6) is 0 Å². The monoisotopic (exact) mass is 239 g/mol. The highest BCUT2D eigenvalue weighted by Crippen LogP contribution is 2.29. The van der Waals surface area contributed by atoms with Crippen molar-refractivity contribution < 1.29 is 9.53 Å². The lowest BCUT2D eigenvalue weighted by molar-refractivity contribution is -0.117. The molecule has 0 aromatic rings. The van der Waals surface area contributed by atoms with Crippen LogP contribution in [0.4, 0.5) is 0 Å². The first kappa shape index (κ1) is 13.0. The molecule has 2 fully saturated rings. The molecular weight excluding hydrogens is 214 g/mol. The predicted molar refractivity (Wildman–Crippen MR) is 68.0 cm³/mol. The number of ether oxygens (including phenoxy) is 1. The van der Waals surface area contributed by atoms with Crippen LogP contribution in [0.25, 0.3) is 0 Å². The molecule has 0 radical (unpaired) electrons. The highest BCUT2D eigenvalue weighted by molar-refractivity contribution is 5.60. The fourth-order valence-electron chi connectivity index (χ4n) is 3.11. The molecule has 0 bridgehead atoms. The highest BCUT2D eigenvalue weighted by Gasteiger charge is 2.36. The van der Waals surface area contributed by atoms with E-state index in [2.05, 4.69) is 11.8 Å². The summed E-state index contributed by atoms with van der Waals surface area (Å²) in [5, 5.41) is 0. The minimum atomic E-state index is -0.202. The summed E-state index contributed by atoms with van der Waals surface area (Å²) in [5.41, 5.74) is -0.202. The van der Waals surface area contributed by atoms with Gasteiger partial charge in [0.15, 0.2) is 0 Å². The van der Waals surface area contributed by atoms with Crippen LogP contribution < -0.4 is 0 Å². The lowest BCUT2D eigenvalue weighted by atomic mass is 9.88. The zero-order valence-corrected chi connectivity index (χ0v) is 11.0. The van der Waals surface area contributed by atoms with E-state index < -0.39 is 0 Å². The first-order valence-electron chi connectivity index (χ1n) is 7.04. The molecule has 0 aliphatic carbocycles. The van der Waals surface area contributed by atoms with E-state index in [1.165, 1.54) is 25.7 Å². The zero-order chi connectivity index (χ0) is 12.1. The van der Waals surface area contributed by atoms with E-state index in [0.29, 0.717) is 6.61 Å². The first-order valence-corrected chi connectivity index (χ1v) is 7.04. The first-order chi connectivity index (χ1) is 8.28. The summed E-state index contributed by atoms with van der Waals surface area (Å²) in [4.78, 5) is 13.8. The van der Waals surface area contributed by atoms with Crippen LogP contribution in [0.1, 0.15) is 39.0 Å². The van der Waals surface area contributed by atoms with Gasteiger partial charge in [-0.2, -0.15) is 0 Å². The Labute approximate surface area is 105 Å². The molecule has 0 aromatic carbocycles. The fraction of sp³-hybridized carbons (Fsp3) is 0.929. The Morgan fingerprint density at radius 2 is 2.29 bits per heavy atom. The molecule has 0 amide bonds. The molecule has 2 aliphatic rings. The van der Waals surface area contributed by atoms with Gasteiger partial charge in [0.2, 0.25) is 0 Å². The van der Waals surface area contributed by atoms with Gasteiger partial charge in [-0.25, -0.2) is 0 Å². The largest absolute Gasteiger partial charge is 0.380 e. The van der Waals surface area contributed by atoms with Gasteiger partial charge >= 0.3 is 0 Å².